The molecule has 0 aliphatic heterocycles. The molecule has 0 aliphatic rings. The summed E-state index contributed by atoms with van der Waals surface area (Å²) in [5, 5.41) is 12.2. The lowest BCUT2D eigenvalue weighted by Crippen LogP contribution is -2.09. The third-order valence-corrected chi connectivity index (χ3v) is 3.29. The molecule has 0 saturated carbocycles. The Labute approximate surface area is 122 Å². The van der Waals surface area contributed by atoms with Gasteiger partial charge in [0, 0.05) is 32.0 Å². The minimum Gasteiger partial charge on any atom is -0.503 e. The molecule has 0 fully saturated rings. The number of aryl methyl sites for hydroxylation is 1. The van der Waals surface area contributed by atoms with Gasteiger partial charge in [-0.15, -0.1) is 0 Å². The second kappa shape index (κ2) is 5.99. The summed E-state index contributed by atoms with van der Waals surface area (Å²) in [6.07, 6.45) is 0. The van der Waals surface area contributed by atoms with Crippen LogP contribution in [0.15, 0.2) is 30.3 Å². The van der Waals surface area contributed by atoms with E-state index in [2.05, 4.69) is 5.32 Å². The van der Waals surface area contributed by atoms with E-state index in [1.165, 1.54) is 0 Å². The Kier molecular flexibility index (Phi) is 4.31. The number of benzene rings is 2. The average Bonchev–Trinajstić information content (AvgIpc) is 2.43. The molecule has 0 atom stereocenters. The number of nitrogens with one attached hydrogen (secondary N) is 1. The fraction of sp³-hybridized carbons (Fsp3) is 0.250. The largest absolute Gasteiger partial charge is 0.503 e. The molecule has 0 aliphatic carbocycles. The summed E-state index contributed by atoms with van der Waals surface area (Å²) in [4.78, 5) is 2.00. The molecule has 0 saturated heterocycles. The molecule has 0 heterocycles. The second-order valence-corrected chi connectivity index (χ2v) is 5.16. The highest BCUT2D eigenvalue weighted by molar-refractivity contribution is 5.59. The molecule has 2 aromatic rings. The van der Waals surface area contributed by atoms with E-state index in [0.717, 1.165) is 29.1 Å². The van der Waals surface area contributed by atoms with Crippen LogP contribution >= 0.6 is 0 Å². The van der Waals surface area contributed by atoms with E-state index in [0.29, 0.717) is 5.56 Å². The lowest BCUT2D eigenvalue weighted by atomic mass is 10.1. The van der Waals surface area contributed by atoms with Crippen molar-refractivity contribution in [3.63, 3.8) is 0 Å². The number of phenolic OH excluding ortho intramolecular Hbond substituents is 1. The van der Waals surface area contributed by atoms with Crippen LogP contribution in [0.4, 0.5) is 20.2 Å². The van der Waals surface area contributed by atoms with Gasteiger partial charge in [-0.2, -0.15) is 0 Å². The fourth-order valence-electron chi connectivity index (χ4n) is 2.04. The van der Waals surface area contributed by atoms with Crippen molar-refractivity contribution < 1.29 is 13.9 Å². The van der Waals surface area contributed by atoms with Crippen LogP contribution in [0, 0.1) is 18.6 Å². The van der Waals surface area contributed by atoms with E-state index < -0.39 is 17.4 Å². The number of hydrogen-bond acceptors (Lipinski definition) is 3. The number of halogens is 2. The van der Waals surface area contributed by atoms with E-state index in [4.69, 9.17) is 5.11 Å². The standard InChI is InChI=1S/C16H18F2N2O/c1-10-6-12(20(2)3)4-5-15(10)19-9-11-7-13(17)16(21)14(18)8-11/h4-8,19,21H,9H2,1-3H3. The molecular weight excluding hydrogens is 274 g/mol. The zero-order chi connectivity index (χ0) is 15.6. The molecule has 3 nitrogen and oxygen atoms in total. The quantitative estimate of drug-likeness (QED) is 0.902. The van der Waals surface area contributed by atoms with Crippen molar-refractivity contribution in [2.45, 2.75) is 13.5 Å². The van der Waals surface area contributed by atoms with Crippen LogP contribution in [-0.2, 0) is 6.54 Å². The van der Waals surface area contributed by atoms with Crippen molar-refractivity contribution in [2.75, 3.05) is 24.3 Å². The van der Waals surface area contributed by atoms with Gasteiger partial charge in [-0.25, -0.2) is 8.78 Å². The van der Waals surface area contributed by atoms with E-state index >= 15 is 0 Å². The first-order valence-electron chi connectivity index (χ1n) is 6.57. The monoisotopic (exact) mass is 292 g/mol. The van der Waals surface area contributed by atoms with E-state index in [9.17, 15) is 8.78 Å². The number of phenols is 1. The number of aromatic hydroxyl groups is 1. The Morgan fingerprint density at radius 2 is 1.71 bits per heavy atom. The molecule has 112 valence electrons. The molecule has 2 N–H and O–H groups in total. The van der Waals surface area contributed by atoms with Gasteiger partial charge in [0.1, 0.15) is 0 Å². The topological polar surface area (TPSA) is 35.5 Å². The third-order valence-electron chi connectivity index (χ3n) is 3.29. The predicted octanol–water partition coefficient (Wildman–Crippen LogP) is 3.66. The molecule has 0 bridgehead atoms. The maximum absolute atomic E-state index is 13.3. The Morgan fingerprint density at radius 1 is 1.10 bits per heavy atom. The van der Waals surface area contributed by atoms with Gasteiger partial charge < -0.3 is 15.3 Å². The first kappa shape index (κ1) is 15.1. The Balaban J connectivity index is 2.13. The van der Waals surface area contributed by atoms with E-state index in [1.54, 1.807) is 0 Å². The van der Waals surface area contributed by atoms with Gasteiger partial charge in [0.15, 0.2) is 17.4 Å². The van der Waals surface area contributed by atoms with Crippen molar-refractivity contribution >= 4 is 11.4 Å². The van der Waals surface area contributed by atoms with Gasteiger partial charge in [-0.3, -0.25) is 0 Å². The Bertz CT molecular complexity index is 634. The van der Waals surface area contributed by atoms with Crippen molar-refractivity contribution in [1.29, 1.82) is 0 Å². The van der Waals surface area contributed by atoms with Gasteiger partial charge in [-0.05, 0) is 48.4 Å². The normalized spacial score (nSPS) is 10.5. The van der Waals surface area contributed by atoms with Gasteiger partial charge in [0.25, 0.3) is 0 Å². The first-order chi connectivity index (χ1) is 9.88. The number of hydrogen-bond donors (Lipinski definition) is 2. The number of anilines is 2. The van der Waals surface area contributed by atoms with Crippen LogP contribution < -0.4 is 10.2 Å². The summed E-state index contributed by atoms with van der Waals surface area (Å²) < 4.78 is 26.5. The molecule has 21 heavy (non-hydrogen) atoms. The molecule has 0 unspecified atom stereocenters. The van der Waals surface area contributed by atoms with Crippen molar-refractivity contribution in [2.24, 2.45) is 0 Å². The van der Waals surface area contributed by atoms with Crippen LogP contribution in [0.5, 0.6) is 5.75 Å². The molecule has 0 radical (unpaired) electrons. The molecule has 0 amide bonds. The zero-order valence-corrected chi connectivity index (χ0v) is 12.2. The van der Waals surface area contributed by atoms with Gasteiger partial charge >= 0.3 is 0 Å². The highest BCUT2D eigenvalue weighted by Crippen LogP contribution is 2.24. The number of rotatable bonds is 4. The highest BCUT2D eigenvalue weighted by atomic mass is 19.1. The molecular formula is C16H18F2N2O. The molecule has 0 aromatic heterocycles. The maximum Gasteiger partial charge on any atom is 0.187 e. The molecule has 2 rings (SSSR count). The maximum atomic E-state index is 13.3. The highest BCUT2D eigenvalue weighted by Gasteiger charge is 2.09. The summed E-state index contributed by atoms with van der Waals surface area (Å²) in [5.74, 6) is -2.84. The van der Waals surface area contributed by atoms with Gasteiger partial charge in [0.05, 0.1) is 0 Å². The lowest BCUT2D eigenvalue weighted by molar-refractivity contribution is 0.395. The second-order valence-electron chi connectivity index (χ2n) is 5.16. The van der Waals surface area contributed by atoms with Crippen LogP contribution in [-0.4, -0.2) is 19.2 Å². The van der Waals surface area contributed by atoms with Gasteiger partial charge in [0.2, 0.25) is 0 Å². The molecule has 5 heteroatoms. The summed E-state index contributed by atoms with van der Waals surface area (Å²) in [6.45, 7) is 2.24. The minimum absolute atomic E-state index is 0.274. The third kappa shape index (κ3) is 3.42. The van der Waals surface area contributed by atoms with Crippen molar-refractivity contribution in [1.82, 2.24) is 0 Å². The smallest absolute Gasteiger partial charge is 0.187 e. The fourth-order valence-corrected chi connectivity index (χ4v) is 2.04. The van der Waals surface area contributed by atoms with E-state index in [1.807, 2.05) is 44.1 Å². The molecule has 2 aromatic carbocycles. The van der Waals surface area contributed by atoms with Crippen molar-refractivity contribution in [3.8, 4) is 5.75 Å². The summed E-state index contributed by atoms with van der Waals surface area (Å²) in [5.41, 5.74) is 3.45. The summed E-state index contributed by atoms with van der Waals surface area (Å²) in [7, 11) is 3.92. The lowest BCUT2D eigenvalue weighted by Gasteiger charge is -2.16. The minimum atomic E-state index is -0.952. The summed E-state index contributed by atoms with van der Waals surface area (Å²) in [6, 6.07) is 8.16. The molecule has 0 spiro atoms. The SMILES string of the molecule is Cc1cc(N(C)C)ccc1NCc1cc(F)c(O)c(F)c1. The Hall–Kier alpha value is -2.30. The number of nitrogens with zero attached hydrogens (tertiary/aromatic N) is 1. The predicted molar refractivity (Wildman–Crippen MR) is 80.9 cm³/mol. The van der Waals surface area contributed by atoms with Crippen molar-refractivity contribution in [3.05, 3.63) is 53.1 Å². The average molecular weight is 292 g/mol. The zero-order valence-electron chi connectivity index (χ0n) is 12.2. The van der Waals surface area contributed by atoms with E-state index in [-0.39, 0.29) is 6.54 Å². The van der Waals surface area contributed by atoms with Crippen LogP contribution in [0.25, 0.3) is 0 Å². The first-order valence-corrected chi connectivity index (χ1v) is 6.57. The Morgan fingerprint density at radius 3 is 2.24 bits per heavy atom. The van der Waals surface area contributed by atoms with Crippen LogP contribution in [0.2, 0.25) is 0 Å². The van der Waals surface area contributed by atoms with Crippen LogP contribution in [0.1, 0.15) is 11.1 Å². The van der Waals surface area contributed by atoms with Crippen LogP contribution in [0.3, 0.4) is 0 Å². The van der Waals surface area contributed by atoms with Gasteiger partial charge in [-0.1, -0.05) is 0 Å². The summed E-state index contributed by atoms with van der Waals surface area (Å²) >= 11 is 0.